The topological polar surface area (TPSA) is 78.5 Å². The van der Waals surface area contributed by atoms with Crippen LogP contribution in [0.2, 0.25) is 0 Å². The predicted molar refractivity (Wildman–Crippen MR) is 103 cm³/mol. The molecule has 2 N–H and O–H groups in total. The highest BCUT2D eigenvalue weighted by Gasteiger charge is 2.36. The number of imide groups is 1. The Hall–Kier alpha value is -2.70. The molecule has 1 fully saturated rings. The Kier molecular flexibility index (Phi) is 5.58. The molecule has 27 heavy (non-hydrogen) atoms. The lowest BCUT2D eigenvalue weighted by Crippen LogP contribution is -2.36. The Labute approximate surface area is 163 Å². The summed E-state index contributed by atoms with van der Waals surface area (Å²) >= 11 is 0. The number of nitrogens with zero attached hydrogens (tertiary/aromatic N) is 1. The molecule has 1 atom stereocenters. The van der Waals surface area contributed by atoms with Crippen LogP contribution in [0.5, 0.6) is 0 Å². The molecule has 7 heteroatoms. The van der Waals surface area contributed by atoms with Crippen LogP contribution < -0.4 is 10.6 Å². The molecular weight excluding hydrogens is 366 g/mol. The van der Waals surface area contributed by atoms with Gasteiger partial charge in [-0.15, -0.1) is 12.4 Å². The van der Waals surface area contributed by atoms with Crippen LogP contribution in [0.25, 0.3) is 0 Å². The number of halogens is 1. The van der Waals surface area contributed by atoms with Gasteiger partial charge in [0.2, 0.25) is 0 Å². The molecule has 2 aliphatic heterocycles. The molecule has 3 amide bonds. The van der Waals surface area contributed by atoms with Gasteiger partial charge >= 0.3 is 0 Å². The monoisotopic (exact) mass is 385 g/mol. The molecule has 0 bridgehead atoms. The first-order chi connectivity index (χ1) is 12.6. The van der Waals surface area contributed by atoms with Crippen molar-refractivity contribution >= 4 is 30.1 Å². The Morgan fingerprint density at radius 1 is 1.07 bits per heavy atom. The molecular formula is C20H20ClN3O3. The lowest BCUT2D eigenvalue weighted by atomic mass is 10.0. The predicted octanol–water partition coefficient (Wildman–Crippen LogP) is 2.00. The minimum absolute atomic E-state index is 0. The molecule has 140 valence electrons. The second-order valence-corrected chi connectivity index (χ2v) is 6.61. The zero-order valence-electron chi connectivity index (χ0n) is 14.6. The van der Waals surface area contributed by atoms with E-state index < -0.39 is 0 Å². The first-order valence-corrected chi connectivity index (χ1v) is 8.69. The minimum Gasteiger partial charge on any atom is -0.348 e. The fraction of sp³-hybridized carbons (Fsp3) is 0.250. The number of carbonyl (C=O) groups is 3. The summed E-state index contributed by atoms with van der Waals surface area (Å²) in [5.74, 6) is -0.893. The van der Waals surface area contributed by atoms with E-state index >= 15 is 0 Å². The van der Waals surface area contributed by atoms with Crippen molar-refractivity contribution < 1.29 is 14.4 Å². The van der Waals surface area contributed by atoms with Gasteiger partial charge < -0.3 is 10.6 Å². The number of amides is 3. The van der Waals surface area contributed by atoms with E-state index in [9.17, 15) is 14.4 Å². The summed E-state index contributed by atoms with van der Waals surface area (Å²) in [7, 11) is 0. The molecule has 2 aliphatic rings. The lowest BCUT2D eigenvalue weighted by Gasteiger charge is -2.13. The summed E-state index contributed by atoms with van der Waals surface area (Å²) < 4.78 is 0. The number of fused-ring (bicyclic) bond motifs is 1. The molecule has 6 nitrogen and oxygen atoms in total. The molecule has 1 unspecified atom stereocenters. The maximum Gasteiger partial charge on any atom is 0.261 e. The number of carbonyl (C=O) groups excluding carboxylic acids is 3. The Bertz CT molecular complexity index is 879. The number of rotatable bonds is 4. The lowest BCUT2D eigenvalue weighted by molar-refractivity contribution is 0.0642. The molecule has 2 heterocycles. The fourth-order valence-electron chi connectivity index (χ4n) is 3.39. The van der Waals surface area contributed by atoms with Crippen LogP contribution in [0, 0.1) is 0 Å². The number of benzene rings is 2. The standard InChI is InChI=1S/C20H19N3O3.ClH/c24-18(22-15-8-9-21-11-15)14-6-7-16-17(10-14)20(26)23(19(16)25)12-13-4-2-1-3-5-13;/h1-7,10,15,21H,8-9,11-12H2,(H,22,24);1H. The van der Waals surface area contributed by atoms with Crippen molar-refractivity contribution in [2.45, 2.75) is 19.0 Å². The van der Waals surface area contributed by atoms with E-state index in [0.717, 1.165) is 25.1 Å². The summed E-state index contributed by atoms with van der Waals surface area (Å²) in [6, 6.07) is 14.2. The molecule has 0 radical (unpaired) electrons. The molecule has 0 aromatic heterocycles. The third kappa shape index (κ3) is 3.72. The maximum atomic E-state index is 12.7. The Morgan fingerprint density at radius 3 is 2.52 bits per heavy atom. The highest BCUT2D eigenvalue weighted by atomic mass is 35.5. The Balaban J connectivity index is 0.00000210. The van der Waals surface area contributed by atoms with Crippen molar-refractivity contribution in [3.8, 4) is 0 Å². The van der Waals surface area contributed by atoms with E-state index in [0.29, 0.717) is 16.7 Å². The van der Waals surface area contributed by atoms with Crippen molar-refractivity contribution in [1.82, 2.24) is 15.5 Å². The van der Waals surface area contributed by atoms with E-state index in [-0.39, 0.29) is 42.7 Å². The van der Waals surface area contributed by atoms with Gasteiger partial charge in [-0.05, 0) is 36.7 Å². The molecule has 4 rings (SSSR count). The quantitative estimate of drug-likeness (QED) is 0.789. The highest BCUT2D eigenvalue weighted by Crippen LogP contribution is 2.25. The molecule has 2 aromatic carbocycles. The second-order valence-electron chi connectivity index (χ2n) is 6.61. The van der Waals surface area contributed by atoms with Crippen LogP contribution in [-0.4, -0.2) is 41.8 Å². The van der Waals surface area contributed by atoms with Gasteiger partial charge in [-0.2, -0.15) is 0 Å². The average molecular weight is 386 g/mol. The summed E-state index contributed by atoms with van der Waals surface area (Å²) in [5.41, 5.74) is 1.93. The van der Waals surface area contributed by atoms with Crippen LogP contribution in [0.1, 0.15) is 43.1 Å². The van der Waals surface area contributed by atoms with Crippen molar-refractivity contribution in [2.75, 3.05) is 13.1 Å². The van der Waals surface area contributed by atoms with Crippen molar-refractivity contribution in [1.29, 1.82) is 0 Å². The van der Waals surface area contributed by atoms with Crippen LogP contribution >= 0.6 is 12.4 Å². The van der Waals surface area contributed by atoms with Crippen LogP contribution in [0.15, 0.2) is 48.5 Å². The summed E-state index contributed by atoms with van der Waals surface area (Å²) in [4.78, 5) is 38.9. The van der Waals surface area contributed by atoms with Gasteiger partial charge in [0.1, 0.15) is 0 Å². The fourth-order valence-corrected chi connectivity index (χ4v) is 3.39. The van der Waals surface area contributed by atoms with Crippen molar-refractivity contribution in [3.63, 3.8) is 0 Å². The second kappa shape index (κ2) is 7.90. The van der Waals surface area contributed by atoms with E-state index in [1.54, 1.807) is 12.1 Å². The van der Waals surface area contributed by atoms with Crippen LogP contribution in [0.4, 0.5) is 0 Å². The SMILES string of the molecule is Cl.O=C(NC1CCNC1)c1ccc2c(c1)C(=O)N(Cc1ccccc1)C2=O. The van der Waals surface area contributed by atoms with Gasteiger partial charge in [-0.1, -0.05) is 30.3 Å². The first kappa shape index (κ1) is 19.1. The average Bonchev–Trinajstić information content (AvgIpc) is 3.25. The van der Waals surface area contributed by atoms with E-state index in [1.165, 1.54) is 11.0 Å². The molecule has 0 spiro atoms. The van der Waals surface area contributed by atoms with E-state index in [2.05, 4.69) is 10.6 Å². The smallest absolute Gasteiger partial charge is 0.261 e. The molecule has 1 saturated heterocycles. The van der Waals surface area contributed by atoms with Crippen molar-refractivity contribution in [3.05, 3.63) is 70.8 Å². The van der Waals surface area contributed by atoms with Gasteiger partial charge in [0.25, 0.3) is 17.7 Å². The maximum absolute atomic E-state index is 12.7. The highest BCUT2D eigenvalue weighted by molar-refractivity contribution is 6.22. The summed E-state index contributed by atoms with van der Waals surface area (Å²) in [6.45, 7) is 1.86. The third-order valence-corrected chi connectivity index (χ3v) is 4.81. The zero-order chi connectivity index (χ0) is 18.1. The zero-order valence-corrected chi connectivity index (χ0v) is 15.4. The van der Waals surface area contributed by atoms with Gasteiger partial charge in [0.05, 0.1) is 17.7 Å². The summed E-state index contributed by atoms with van der Waals surface area (Å²) in [5, 5.41) is 6.14. The molecule has 0 aliphatic carbocycles. The first-order valence-electron chi connectivity index (χ1n) is 8.69. The number of hydrogen-bond donors (Lipinski definition) is 2. The molecule has 2 aromatic rings. The van der Waals surface area contributed by atoms with Crippen LogP contribution in [0.3, 0.4) is 0 Å². The van der Waals surface area contributed by atoms with Gasteiger partial charge in [-0.3, -0.25) is 19.3 Å². The van der Waals surface area contributed by atoms with Gasteiger partial charge in [0, 0.05) is 18.2 Å². The van der Waals surface area contributed by atoms with Gasteiger partial charge in [0.15, 0.2) is 0 Å². The minimum atomic E-state index is -0.356. The third-order valence-electron chi connectivity index (χ3n) is 4.81. The normalized spacial score (nSPS) is 18.2. The van der Waals surface area contributed by atoms with E-state index in [1.807, 2.05) is 30.3 Å². The number of nitrogens with one attached hydrogen (secondary N) is 2. The molecule has 0 saturated carbocycles. The van der Waals surface area contributed by atoms with Gasteiger partial charge in [-0.25, -0.2) is 0 Å². The van der Waals surface area contributed by atoms with E-state index in [4.69, 9.17) is 0 Å². The summed E-state index contributed by atoms with van der Waals surface area (Å²) in [6.07, 6.45) is 0.888. The Morgan fingerprint density at radius 2 is 1.81 bits per heavy atom. The van der Waals surface area contributed by atoms with Crippen LogP contribution in [-0.2, 0) is 6.54 Å². The largest absolute Gasteiger partial charge is 0.348 e. The van der Waals surface area contributed by atoms with Crippen molar-refractivity contribution in [2.24, 2.45) is 0 Å². The number of hydrogen-bond acceptors (Lipinski definition) is 4.